The van der Waals surface area contributed by atoms with Crippen LogP contribution in [0, 0.1) is 5.92 Å². The van der Waals surface area contributed by atoms with Crippen LogP contribution in [0.2, 0.25) is 5.02 Å². The van der Waals surface area contributed by atoms with Crippen molar-refractivity contribution >= 4 is 44.4 Å². The van der Waals surface area contributed by atoms with Gasteiger partial charge >= 0.3 is 5.97 Å². The van der Waals surface area contributed by atoms with Crippen LogP contribution in [0.15, 0.2) is 59.6 Å². The van der Waals surface area contributed by atoms with E-state index in [-0.39, 0.29) is 17.3 Å². The fourth-order valence-corrected chi connectivity index (χ4v) is 5.60. The minimum absolute atomic E-state index is 0.0733. The quantitative estimate of drug-likeness (QED) is 0.552. The molecule has 1 fully saturated rings. The topological polar surface area (TPSA) is 85.7 Å². The van der Waals surface area contributed by atoms with Gasteiger partial charge in [0.05, 0.1) is 29.0 Å². The van der Waals surface area contributed by atoms with Gasteiger partial charge in [-0.25, -0.2) is 13.2 Å². The van der Waals surface area contributed by atoms with E-state index < -0.39 is 21.9 Å². The number of para-hydroxylation sites is 1. The predicted octanol–water partition coefficient (Wildman–Crippen LogP) is 3.82. The standard InChI is InChI=1S/C22H21ClN2O5S/c1-30-22(27)19-14-25(20-7-3-2-6-18(19)20)21(26)15-5-4-12-24(13-15)31(28,29)17-10-8-16(23)9-11-17/h2-3,6-11,14-15H,4-5,12-13H2,1H3/t15-/m1/s1. The summed E-state index contributed by atoms with van der Waals surface area (Å²) < 4.78 is 33.7. The summed E-state index contributed by atoms with van der Waals surface area (Å²) in [7, 11) is -2.45. The Morgan fingerprint density at radius 2 is 1.81 bits per heavy atom. The van der Waals surface area contributed by atoms with Crippen molar-refractivity contribution in [2.75, 3.05) is 20.2 Å². The normalized spacial score (nSPS) is 17.5. The molecule has 0 spiro atoms. The molecule has 31 heavy (non-hydrogen) atoms. The number of ether oxygens (including phenoxy) is 1. The fraction of sp³-hybridized carbons (Fsp3) is 0.273. The van der Waals surface area contributed by atoms with Crippen LogP contribution in [0.25, 0.3) is 10.9 Å². The van der Waals surface area contributed by atoms with E-state index in [1.807, 2.05) is 0 Å². The summed E-state index contributed by atoms with van der Waals surface area (Å²) in [5.41, 5.74) is 0.887. The predicted molar refractivity (Wildman–Crippen MR) is 117 cm³/mol. The second-order valence-electron chi connectivity index (χ2n) is 7.42. The summed E-state index contributed by atoms with van der Waals surface area (Å²) in [5, 5.41) is 1.07. The number of hydrogen-bond donors (Lipinski definition) is 0. The Morgan fingerprint density at radius 1 is 1.10 bits per heavy atom. The lowest BCUT2D eigenvalue weighted by atomic mass is 9.98. The Bertz CT molecular complexity index is 1250. The van der Waals surface area contributed by atoms with Crippen molar-refractivity contribution < 1.29 is 22.7 Å². The summed E-state index contributed by atoms with van der Waals surface area (Å²) >= 11 is 5.87. The molecule has 0 aliphatic carbocycles. The molecule has 0 amide bonds. The van der Waals surface area contributed by atoms with Gasteiger partial charge in [-0.2, -0.15) is 4.31 Å². The lowest BCUT2D eigenvalue weighted by Crippen LogP contribution is -2.43. The van der Waals surface area contributed by atoms with Crippen LogP contribution >= 0.6 is 11.6 Å². The minimum atomic E-state index is -3.74. The Morgan fingerprint density at radius 3 is 2.52 bits per heavy atom. The largest absolute Gasteiger partial charge is 0.465 e. The summed E-state index contributed by atoms with van der Waals surface area (Å²) in [6, 6.07) is 13.1. The van der Waals surface area contributed by atoms with Crippen molar-refractivity contribution in [1.29, 1.82) is 0 Å². The lowest BCUT2D eigenvalue weighted by molar-refractivity contribution is 0.0603. The number of carbonyl (C=O) groups is 2. The molecule has 7 nitrogen and oxygen atoms in total. The van der Waals surface area contributed by atoms with Crippen LogP contribution in [-0.2, 0) is 14.8 Å². The second kappa shape index (κ2) is 8.45. The van der Waals surface area contributed by atoms with Crippen LogP contribution in [0.3, 0.4) is 0 Å². The van der Waals surface area contributed by atoms with Gasteiger partial charge < -0.3 is 4.74 Å². The number of esters is 1. The SMILES string of the molecule is COC(=O)c1cn(C(=O)[C@@H]2CCCN(S(=O)(=O)c3ccc(Cl)cc3)C2)c2ccccc12. The molecule has 0 bridgehead atoms. The average molecular weight is 461 g/mol. The van der Waals surface area contributed by atoms with Gasteiger partial charge in [0.2, 0.25) is 15.9 Å². The highest BCUT2D eigenvalue weighted by molar-refractivity contribution is 7.89. The van der Waals surface area contributed by atoms with E-state index in [0.717, 1.165) is 0 Å². The van der Waals surface area contributed by atoms with Gasteiger partial charge in [-0.1, -0.05) is 29.8 Å². The van der Waals surface area contributed by atoms with Gasteiger partial charge in [-0.15, -0.1) is 0 Å². The van der Waals surface area contributed by atoms with Gasteiger partial charge in [0.25, 0.3) is 0 Å². The van der Waals surface area contributed by atoms with Crippen LogP contribution in [-0.4, -0.2) is 49.4 Å². The first kappa shape index (κ1) is 21.5. The van der Waals surface area contributed by atoms with Gasteiger partial charge in [0.15, 0.2) is 0 Å². The van der Waals surface area contributed by atoms with E-state index in [2.05, 4.69) is 0 Å². The third-order valence-corrected chi connectivity index (χ3v) is 7.67. The maximum atomic E-state index is 13.4. The van der Waals surface area contributed by atoms with E-state index in [9.17, 15) is 18.0 Å². The van der Waals surface area contributed by atoms with Gasteiger partial charge in [0, 0.05) is 29.7 Å². The van der Waals surface area contributed by atoms with Crippen LogP contribution in [0.4, 0.5) is 0 Å². The average Bonchev–Trinajstić information content (AvgIpc) is 3.18. The van der Waals surface area contributed by atoms with E-state index in [0.29, 0.717) is 40.9 Å². The summed E-state index contributed by atoms with van der Waals surface area (Å²) in [5.74, 6) is -1.31. The molecule has 0 unspecified atom stereocenters. The molecule has 1 aliphatic rings. The second-order valence-corrected chi connectivity index (χ2v) is 9.79. The number of piperidine rings is 1. The van der Waals surface area contributed by atoms with E-state index in [1.54, 1.807) is 24.3 Å². The van der Waals surface area contributed by atoms with E-state index in [4.69, 9.17) is 16.3 Å². The maximum Gasteiger partial charge on any atom is 0.340 e. The number of sulfonamides is 1. The highest BCUT2D eigenvalue weighted by Gasteiger charge is 2.34. The third kappa shape index (κ3) is 3.98. The molecule has 1 aliphatic heterocycles. The molecule has 3 aromatic rings. The Hall–Kier alpha value is -2.68. The van der Waals surface area contributed by atoms with Crippen molar-refractivity contribution in [2.45, 2.75) is 17.7 Å². The van der Waals surface area contributed by atoms with Crippen molar-refractivity contribution in [3.63, 3.8) is 0 Å². The molecule has 9 heteroatoms. The van der Waals surface area contributed by atoms with Crippen LogP contribution in [0.5, 0.6) is 0 Å². The zero-order chi connectivity index (χ0) is 22.2. The minimum Gasteiger partial charge on any atom is -0.465 e. The molecule has 1 atom stereocenters. The molecule has 2 aromatic carbocycles. The van der Waals surface area contributed by atoms with Crippen LogP contribution < -0.4 is 0 Å². The number of rotatable bonds is 4. The molecule has 2 heterocycles. The molecule has 1 aromatic heterocycles. The molecular weight excluding hydrogens is 440 g/mol. The third-order valence-electron chi connectivity index (χ3n) is 5.54. The lowest BCUT2D eigenvalue weighted by Gasteiger charge is -2.31. The van der Waals surface area contributed by atoms with Crippen molar-refractivity contribution in [3.8, 4) is 0 Å². The Balaban J connectivity index is 1.64. The number of nitrogens with zero attached hydrogens (tertiary/aromatic N) is 2. The van der Waals surface area contributed by atoms with Crippen LogP contribution in [0.1, 0.15) is 28.0 Å². The molecule has 162 valence electrons. The molecule has 4 rings (SSSR count). The smallest absolute Gasteiger partial charge is 0.340 e. The highest BCUT2D eigenvalue weighted by atomic mass is 35.5. The van der Waals surface area contributed by atoms with Crippen molar-refractivity contribution in [1.82, 2.24) is 8.87 Å². The Kier molecular flexibility index (Phi) is 5.88. The highest BCUT2D eigenvalue weighted by Crippen LogP contribution is 2.28. The number of fused-ring (bicyclic) bond motifs is 1. The summed E-state index contributed by atoms with van der Waals surface area (Å²) in [6.45, 7) is 0.415. The van der Waals surface area contributed by atoms with E-state index >= 15 is 0 Å². The number of methoxy groups -OCH3 is 1. The zero-order valence-electron chi connectivity index (χ0n) is 16.8. The van der Waals surface area contributed by atoms with Crippen molar-refractivity contribution in [3.05, 3.63) is 65.3 Å². The summed E-state index contributed by atoms with van der Waals surface area (Å²) in [4.78, 5) is 25.7. The number of carbonyl (C=O) groups excluding carboxylic acids is 2. The van der Waals surface area contributed by atoms with Gasteiger partial charge in [-0.05, 0) is 43.2 Å². The first-order chi connectivity index (χ1) is 14.8. The molecular formula is C22H21ClN2O5S. The molecule has 0 radical (unpaired) electrons. The fourth-order valence-electron chi connectivity index (χ4n) is 3.95. The van der Waals surface area contributed by atoms with Crippen molar-refractivity contribution in [2.24, 2.45) is 5.92 Å². The maximum absolute atomic E-state index is 13.4. The zero-order valence-corrected chi connectivity index (χ0v) is 18.4. The Labute approximate surface area is 185 Å². The van der Waals surface area contributed by atoms with Gasteiger partial charge in [0.1, 0.15) is 0 Å². The molecule has 0 N–H and O–H groups in total. The number of hydrogen-bond acceptors (Lipinski definition) is 5. The summed E-state index contributed by atoms with van der Waals surface area (Å²) in [6.07, 6.45) is 2.60. The monoisotopic (exact) mass is 460 g/mol. The first-order valence-corrected chi connectivity index (χ1v) is 11.6. The van der Waals surface area contributed by atoms with Gasteiger partial charge in [-0.3, -0.25) is 9.36 Å². The number of halogens is 1. The number of aromatic nitrogens is 1. The molecule has 0 saturated carbocycles. The number of benzene rings is 2. The van der Waals surface area contributed by atoms with E-state index in [1.165, 1.54) is 46.4 Å². The first-order valence-electron chi connectivity index (χ1n) is 9.81. The molecule has 1 saturated heterocycles.